The van der Waals surface area contributed by atoms with E-state index in [2.05, 4.69) is 14.3 Å². The van der Waals surface area contributed by atoms with Gasteiger partial charge in [0.2, 0.25) is 0 Å². The van der Waals surface area contributed by atoms with Gasteiger partial charge in [-0.05, 0) is 0 Å². The van der Waals surface area contributed by atoms with E-state index in [0.717, 1.165) is 22.1 Å². The molecule has 0 saturated heterocycles. The van der Waals surface area contributed by atoms with Gasteiger partial charge in [0.1, 0.15) is 12.7 Å². The van der Waals surface area contributed by atoms with Gasteiger partial charge in [0.05, 0.1) is 12.4 Å². The zero-order valence-corrected chi connectivity index (χ0v) is 10.9. The van der Waals surface area contributed by atoms with E-state index in [1.54, 1.807) is 0 Å². The fourth-order valence-corrected chi connectivity index (χ4v) is 2.96. The number of aromatic nitrogens is 4. The van der Waals surface area contributed by atoms with Gasteiger partial charge in [-0.25, -0.2) is 19.1 Å². The predicted octanol–water partition coefficient (Wildman–Crippen LogP) is -0.146. The number of rotatable bonds is 6. The average molecular weight is 310 g/mol. The highest BCUT2D eigenvalue weighted by Crippen LogP contribution is 2.56. The Morgan fingerprint density at radius 2 is 1.42 bits per heavy atom. The van der Waals surface area contributed by atoms with E-state index in [9.17, 15) is 9.13 Å². The van der Waals surface area contributed by atoms with Crippen molar-refractivity contribution >= 4 is 15.6 Å². The number of phosphoric acid groups is 2. The number of hydrogen-bond acceptors (Lipinski definition) is 7. The van der Waals surface area contributed by atoms with Crippen molar-refractivity contribution in [3.63, 3.8) is 0 Å². The van der Waals surface area contributed by atoms with Crippen molar-refractivity contribution in [2.24, 2.45) is 0 Å². The smallest absolute Gasteiger partial charge is 0.302 e. The molecule has 0 aliphatic rings. The van der Waals surface area contributed by atoms with Crippen LogP contribution in [0.4, 0.5) is 0 Å². The van der Waals surface area contributed by atoms with Crippen LogP contribution in [0.25, 0.3) is 0 Å². The normalized spacial score (nSPS) is 12.3. The standard InChI is InChI=1S/C6H8N4O7P2/c11-18(12,13)17-19(14,15-9-3-1-7-5-9)16-10-4-2-8-6-10/h1-6H,(H2,11,12,13). The van der Waals surface area contributed by atoms with Gasteiger partial charge in [-0.1, -0.05) is 0 Å². The Balaban J connectivity index is 2.21. The minimum Gasteiger partial charge on any atom is -0.302 e. The number of nitrogens with zero attached hydrogens (tertiary/aromatic N) is 4. The SMILES string of the molecule is O=P(O)(O)OP(=O)(On1ccnc1)On1ccnc1. The van der Waals surface area contributed by atoms with Crippen molar-refractivity contribution in [1.29, 1.82) is 0 Å². The first-order chi connectivity index (χ1) is 8.86. The highest BCUT2D eigenvalue weighted by atomic mass is 31.3. The largest absolute Gasteiger partial charge is 0.635 e. The summed E-state index contributed by atoms with van der Waals surface area (Å²) in [4.78, 5) is 24.6. The van der Waals surface area contributed by atoms with Crippen molar-refractivity contribution < 1.29 is 32.5 Å². The first-order valence-corrected chi connectivity index (χ1v) is 7.58. The minimum atomic E-state index is -5.10. The molecular weight excluding hydrogens is 302 g/mol. The van der Waals surface area contributed by atoms with Gasteiger partial charge in [-0.3, -0.25) is 9.25 Å². The highest BCUT2D eigenvalue weighted by Gasteiger charge is 2.41. The van der Waals surface area contributed by atoms with E-state index in [1.165, 1.54) is 24.8 Å². The van der Waals surface area contributed by atoms with Crippen LogP contribution in [0.2, 0.25) is 0 Å². The van der Waals surface area contributed by atoms with Crippen LogP contribution < -0.4 is 9.25 Å². The molecule has 0 aliphatic carbocycles. The number of imidazole rings is 2. The van der Waals surface area contributed by atoms with Crippen LogP contribution >= 0.6 is 15.6 Å². The van der Waals surface area contributed by atoms with Crippen LogP contribution in [0.15, 0.2) is 37.4 Å². The summed E-state index contributed by atoms with van der Waals surface area (Å²) in [6.45, 7) is 0. The molecule has 2 aromatic heterocycles. The predicted molar refractivity (Wildman–Crippen MR) is 58.3 cm³/mol. The van der Waals surface area contributed by atoms with E-state index in [1.807, 2.05) is 0 Å². The molecule has 2 N–H and O–H groups in total. The van der Waals surface area contributed by atoms with Gasteiger partial charge in [0.25, 0.3) is 0 Å². The van der Waals surface area contributed by atoms with Gasteiger partial charge in [0.15, 0.2) is 0 Å². The van der Waals surface area contributed by atoms with Crippen LogP contribution in [0.3, 0.4) is 0 Å². The molecule has 11 nitrogen and oxygen atoms in total. The molecule has 0 atom stereocenters. The molecule has 0 unspecified atom stereocenters. The second-order valence-corrected chi connectivity index (χ2v) is 5.88. The first-order valence-electron chi connectivity index (χ1n) is 4.59. The lowest BCUT2D eigenvalue weighted by molar-refractivity contribution is 0.119. The van der Waals surface area contributed by atoms with Crippen LogP contribution in [-0.4, -0.2) is 29.2 Å². The summed E-state index contributed by atoms with van der Waals surface area (Å²) in [6.07, 6.45) is 7.22. The zero-order chi connectivity index (χ0) is 13.9. The molecular formula is C6H8N4O7P2. The lowest BCUT2D eigenvalue weighted by Gasteiger charge is -2.17. The molecule has 0 aromatic carbocycles. The van der Waals surface area contributed by atoms with Crippen molar-refractivity contribution in [2.45, 2.75) is 0 Å². The maximum Gasteiger partial charge on any atom is 0.635 e. The van der Waals surface area contributed by atoms with E-state index in [0.29, 0.717) is 0 Å². The molecule has 0 saturated carbocycles. The Labute approximate surface area is 106 Å². The third-order valence-electron chi connectivity index (χ3n) is 1.56. The number of hydrogen-bond donors (Lipinski definition) is 2. The van der Waals surface area contributed by atoms with Gasteiger partial charge < -0.3 is 9.79 Å². The summed E-state index contributed by atoms with van der Waals surface area (Å²) in [5, 5.41) is 0. The lowest BCUT2D eigenvalue weighted by atomic mass is 11.0. The summed E-state index contributed by atoms with van der Waals surface area (Å²) in [6, 6.07) is 0. The Kier molecular flexibility index (Phi) is 3.74. The van der Waals surface area contributed by atoms with E-state index in [4.69, 9.17) is 19.0 Å². The molecule has 2 rings (SSSR count). The maximum atomic E-state index is 12.1. The fourth-order valence-electron chi connectivity index (χ4n) is 0.996. The third kappa shape index (κ3) is 4.19. The van der Waals surface area contributed by atoms with Crippen LogP contribution in [0, 0.1) is 0 Å². The van der Waals surface area contributed by atoms with Crippen molar-refractivity contribution in [3.05, 3.63) is 37.4 Å². The zero-order valence-electron chi connectivity index (χ0n) is 9.08. The van der Waals surface area contributed by atoms with E-state index in [-0.39, 0.29) is 0 Å². The Morgan fingerprint density at radius 3 is 1.74 bits per heavy atom. The van der Waals surface area contributed by atoms with Crippen molar-refractivity contribution in [1.82, 2.24) is 19.4 Å². The molecule has 2 heterocycles. The van der Waals surface area contributed by atoms with Gasteiger partial charge in [-0.15, -0.1) is 0 Å². The van der Waals surface area contributed by atoms with Gasteiger partial charge >= 0.3 is 15.6 Å². The summed E-state index contributed by atoms with van der Waals surface area (Å²) in [5.41, 5.74) is 0. The molecule has 0 spiro atoms. The molecule has 104 valence electrons. The summed E-state index contributed by atoms with van der Waals surface area (Å²) < 4.78 is 38.0. The molecule has 19 heavy (non-hydrogen) atoms. The quantitative estimate of drug-likeness (QED) is 0.697. The van der Waals surface area contributed by atoms with Crippen LogP contribution in [-0.2, 0) is 13.4 Å². The molecule has 0 radical (unpaired) electrons. The second-order valence-electron chi connectivity index (χ2n) is 3.03. The van der Waals surface area contributed by atoms with E-state index >= 15 is 0 Å². The van der Waals surface area contributed by atoms with Crippen molar-refractivity contribution in [2.75, 3.05) is 0 Å². The monoisotopic (exact) mass is 310 g/mol. The molecule has 0 aliphatic heterocycles. The Morgan fingerprint density at radius 1 is 0.947 bits per heavy atom. The topological polar surface area (TPSA) is 138 Å². The minimum absolute atomic E-state index is 0.813. The second kappa shape index (κ2) is 5.16. The lowest BCUT2D eigenvalue weighted by Crippen LogP contribution is -2.17. The molecule has 2 aromatic rings. The maximum absolute atomic E-state index is 12.1. The highest BCUT2D eigenvalue weighted by molar-refractivity contribution is 7.61. The Hall–Kier alpha value is -1.64. The first kappa shape index (κ1) is 13.8. The van der Waals surface area contributed by atoms with E-state index < -0.39 is 15.6 Å². The average Bonchev–Trinajstić information content (AvgIpc) is 2.87. The van der Waals surface area contributed by atoms with Crippen LogP contribution in [0.1, 0.15) is 0 Å². The molecule has 13 heteroatoms. The Bertz CT molecular complexity index is 565. The third-order valence-corrected chi connectivity index (χ3v) is 3.98. The fraction of sp³-hybridized carbons (Fsp3) is 0. The molecule has 0 amide bonds. The summed E-state index contributed by atoms with van der Waals surface area (Å²) in [7, 11) is -9.74. The summed E-state index contributed by atoms with van der Waals surface area (Å²) >= 11 is 0. The van der Waals surface area contributed by atoms with Gasteiger partial charge in [0, 0.05) is 12.4 Å². The van der Waals surface area contributed by atoms with Crippen LogP contribution in [0.5, 0.6) is 0 Å². The molecule has 0 bridgehead atoms. The summed E-state index contributed by atoms with van der Waals surface area (Å²) in [5.74, 6) is 0. The van der Waals surface area contributed by atoms with Crippen molar-refractivity contribution in [3.8, 4) is 0 Å². The molecule has 0 fully saturated rings. The van der Waals surface area contributed by atoms with Gasteiger partial charge in [-0.2, -0.15) is 13.8 Å².